The van der Waals surface area contributed by atoms with Gasteiger partial charge in [-0.3, -0.25) is 4.79 Å². The minimum atomic E-state index is -0.619. The monoisotopic (exact) mass is 258 g/mol. The van der Waals surface area contributed by atoms with Crippen LogP contribution in [0.2, 0.25) is 0 Å². The van der Waals surface area contributed by atoms with Crippen molar-refractivity contribution < 1.29 is 14.7 Å². The average molecular weight is 258 g/mol. The van der Waals surface area contributed by atoms with Crippen molar-refractivity contribution in [2.75, 3.05) is 26.8 Å². The molecule has 0 unspecified atom stereocenters. The molecular formula is C13H26N2O3. The van der Waals surface area contributed by atoms with Gasteiger partial charge in [-0.1, -0.05) is 13.8 Å². The number of β-amino-alcohol motifs (C(OH)–C–C–N with tert-alkyl or cyclic N) is 1. The van der Waals surface area contributed by atoms with E-state index in [0.717, 1.165) is 0 Å². The van der Waals surface area contributed by atoms with E-state index < -0.39 is 5.54 Å². The Kier molecular flexibility index (Phi) is 4.75. The van der Waals surface area contributed by atoms with Gasteiger partial charge in [0.1, 0.15) is 5.54 Å². The first kappa shape index (κ1) is 15.4. The van der Waals surface area contributed by atoms with E-state index in [0.29, 0.717) is 25.9 Å². The Morgan fingerprint density at radius 2 is 1.89 bits per heavy atom. The van der Waals surface area contributed by atoms with Crippen LogP contribution in [0.15, 0.2) is 0 Å². The number of amides is 1. The number of hydrogen-bond donors (Lipinski definition) is 1. The normalized spacial score (nSPS) is 23.4. The van der Waals surface area contributed by atoms with Crippen LogP contribution in [0.5, 0.6) is 0 Å². The Morgan fingerprint density at radius 3 is 2.28 bits per heavy atom. The molecule has 18 heavy (non-hydrogen) atoms. The fourth-order valence-electron chi connectivity index (χ4n) is 3.13. The van der Waals surface area contributed by atoms with Crippen molar-refractivity contribution in [3.05, 3.63) is 0 Å². The van der Waals surface area contributed by atoms with E-state index >= 15 is 0 Å². The maximum atomic E-state index is 12.6. The Labute approximate surface area is 110 Å². The maximum Gasteiger partial charge on any atom is 0.245 e. The van der Waals surface area contributed by atoms with Gasteiger partial charge in [0.15, 0.2) is 0 Å². The molecule has 1 saturated heterocycles. The molecule has 5 heteroatoms. The molecule has 1 rings (SSSR count). The van der Waals surface area contributed by atoms with Crippen LogP contribution in [-0.4, -0.2) is 58.9 Å². The number of hydrogen-bond acceptors (Lipinski definition) is 4. The molecule has 0 aromatic heterocycles. The van der Waals surface area contributed by atoms with Crippen molar-refractivity contribution in [1.82, 2.24) is 9.96 Å². The van der Waals surface area contributed by atoms with Gasteiger partial charge in [-0.2, -0.15) is 5.06 Å². The molecule has 5 nitrogen and oxygen atoms in total. The zero-order chi connectivity index (χ0) is 14.0. The molecule has 106 valence electrons. The van der Waals surface area contributed by atoms with Gasteiger partial charge in [0.25, 0.3) is 0 Å². The Balaban J connectivity index is 3.18. The maximum absolute atomic E-state index is 12.6. The minimum absolute atomic E-state index is 0.00168. The smallest absolute Gasteiger partial charge is 0.245 e. The van der Waals surface area contributed by atoms with Crippen LogP contribution in [-0.2, 0) is 9.63 Å². The highest BCUT2D eigenvalue weighted by Crippen LogP contribution is 2.37. The molecule has 0 aromatic rings. The van der Waals surface area contributed by atoms with Gasteiger partial charge in [0.2, 0.25) is 5.91 Å². The third-order valence-electron chi connectivity index (χ3n) is 3.92. The topological polar surface area (TPSA) is 53.0 Å². The van der Waals surface area contributed by atoms with Crippen LogP contribution < -0.4 is 0 Å². The second-order valence-electron chi connectivity index (χ2n) is 5.48. The Morgan fingerprint density at radius 1 is 1.33 bits per heavy atom. The third kappa shape index (κ3) is 2.27. The molecule has 0 aromatic carbocycles. The standard InChI is InChI=1S/C13H26N2O3/c1-6-13(7-2)11(17)14(8-9-16)10-12(3,4)15(13)18-5/h16H,6-10H2,1-5H3. The molecule has 0 aliphatic carbocycles. The van der Waals surface area contributed by atoms with E-state index in [1.54, 1.807) is 12.0 Å². The third-order valence-corrected chi connectivity index (χ3v) is 3.92. The lowest BCUT2D eigenvalue weighted by Gasteiger charge is -2.55. The van der Waals surface area contributed by atoms with Crippen LogP contribution in [0.3, 0.4) is 0 Å². The summed E-state index contributed by atoms with van der Waals surface area (Å²) in [5, 5.41) is 10.9. The van der Waals surface area contributed by atoms with E-state index in [1.807, 2.05) is 18.9 Å². The summed E-state index contributed by atoms with van der Waals surface area (Å²) in [6.07, 6.45) is 1.39. The molecule has 1 aliphatic rings. The van der Waals surface area contributed by atoms with E-state index in [9.17, 15) is 4.79 Å². The number of carbonyl (C=O) groups is 1. The molecule has 0 spiro atoms. The highest BCUT2D eigenvalue weighted by Gasteiger charge is 2.54. The predicted molar refractivity (Wildman–Crippen MR) is 69.9 cm³/mol. The fraction of sp³-hybridized carbons (Fsp3) is 0.923. The lowest BCUT2D eigenvalue weighted by Crippen LogP contribution is -2.72. The summed E-state index contributed by atoms with van der Waals surface area (Å²) < 4.78 is 0. The first-order valence-corrected chi connectivity index (χ1v) is 6.64. The zero-order valence-corrected chi connectivity index (χ0v) is 12.2. The number of aliphatic hydroxyl groups excluding tert-OH is 1. The van der Waals surface area contributed by atoms with Crippen molar-refractivity contribution in [3.8, 4) is 0 Å². The van der Waals surface area contributed by atoms with Gasteiger partial charge < -0.3 is 14.8 Å². The quantitative estimate of drug-likeness (QED) is 0.800. The van der Waals surface area contributed by atoms with Gasteiger partial charge in [0, 0.05) is 13.1 Å². The molecule has 1 amide bonds. The number of nitrogens with zero attached hydrogens (tertiary/aromatic N) is 2. The van der Waals surface area contributed by atoms with Crippen molar-refractivity contribution >= 4 is 5.91 Å². The number of rotatable bonds is 5. The summed E-state index contributed by atoms with van der Waals surface area (Å²) in [5.74, 6) is 0.0581. The SMILES string of the molecule is CCC1(CC)C(=O)N(CCO)CC(C)(C)N1OC. The molecule has 0 radical (unpaired) electrons. The molecule has 1 N–H and O–H groups in total. The van der Waals surface area contributed by atoms with Gasteiger partial charge in [0.05, 0.1) is 19.3 Å². The van der Waals surface area contributed by atoms with Gasteiger partial charge >= 0.3 is 0 Å². The van der Waals surface area contributed by atoms with Crippen molar-refractivity contribution in [2.24, 2.45) is 0 Å². The summed E-state index contributed by atoms with van der Waals surface area (Å²) in [6, 6.07) is 0. The molecule has 0 bridgehead atoms. The van der Waals surface area contributed by atoms with E-state index in [2.05, 4.69) is 13.8 Å². The van der Waals surface area contributed by atoms with E-state index in [4.69, 9.17) is 9.94 Å². The Hall–Kier alpha value is -0.650. The number of carbonyl (C=O) groups excluding carboxylic acids is 1. The fourth-order valence-corrected chi connectivity index (χ4v) is 3.13. The first-order chi connectivity index (χ1) is 8.39. The second-order valence-corrected chi connectivity index (χ2v) is 5.48. The average Bonchev–Trinajstić information content (AvgIpc) is 2.33. The predicted octanol–water partition coefficient (Wildman–Crippen LogP) is 1.02. The summed E-state index contributed by atoms with van der Waals surface area (Å²) in [5.41, 5.74) is -0.879. The first-order valence-electron chi connectivity index (χ1n) is 6.64. The molecular weight excluding hydrogens is 232 g/mol. The van der Waals surface area contributed by atoms with Crippen molar-refractivity contribution in [3.63, 3.8) is 0 Å². The van der Waals surface area contributed by atoms with Crippen molar-refractivity contribution in [2.45, 2.75) is 51.6 Å². The number of aliphatic hydroxyl groups is 1. The van der Waals surface area contributed by atoms with Gasteiger partial charge in [-0.15, -0.1) is 0 Å². The van der Waals surface area contributed by atoms with Crippen LogP contribution >= 0.6 is 0 Å². The zero-order valence-electron chi connectivity index (χ0n) is 12.2. The Bertz CT molecular complexity index is 301. The van der Waals surface area contributed by atoms with E-state index in [-0.39, 0.29) is 18.1 Å². The minimum Gasteiger partial charge on any atom is -0.395 e. The lowest BCUT2D eigenvalue weighted by molar-refractivity contribution is -0.274. The van der Waals surface area contributed by atoms with E-state index in [1.165, 1.54) is 0 Å². The van der Waals surface area contributed by atoms with Crippen LogP contribution in [0.1, 0.15) is 40.5 Å². The molecule has 1 heterocycles. The van der Waals surface area contributed by atoms with Crippen LogP contribution in [0.25, 0.3) is 0 Å². The summed E-state index contributed by atoms with van der Waals surface area (Å²) in [7, 11) is 1.62. The molecule has 1 aliphatic heterocycles. The number of hydroxylamine groups is 2. The largest absolute Gasteiger partial charge is 0.395 e. The highest BCUT2D eigenvalue weighted by atomic mass is 16.7. The van der Waals surface area contributed by atoms with Gasteiger partial charge in [-0.25, -0.2) is 0 Å². The molecule has 0 saturated carbocycles. The summed E-state index contributed by atoms with van der Waals surface area (Å²) >= 11 is 0. The lowest BCUT2D eigenvalue weighted by atomic mass is 9.82. The van der Waals surface area contributed by atoms with Crippen LogP contribution in [0.4, 0.5) is 0 Å². The van der Waals surface area contributed by atoms with Crippen LogP contribution in [0, 0.1) is 0 Å². The highest BCUT2D eigenvalue weighted by molar-refractivity contribution is 5.87. The summed E-state index contributed by atoms with van der Waals surface area (Å²) in [4.78, 5) is 19.9. The second kappa shape index (κ2) is 5.55. The summed E-state index contributed by atoms with van der Waals surface area (Å²) in [6.45, 7) is 9.10. The molecule has 0 atom stereocenters. The van der Waals surface area contributed by atoms with Gasteiger partial charge in [-0.05, 0) is 26.7 Å². The van der Waals surface area contributed by atoms with Crippen molar-refractivity contribution in [1.29, 1.82) is 0 Å². The number of piperazine rings is 1. The molecule has 1 fully saturated rings.